The first-order valence-corrected chi connectivity index (χ1v) is 12.1. The number of thiazole rings is 2. The monoisotopic (exact) mass is 447 g/mol. The molecule has 4 rings (SSSR count). The normalized spacial score (nSPS) is 13.8. The zero-order valence-electron chi connectivity index (χ0n) is 16.1. The minimum Gasteiger partial charge on any atom is -0.744 e. The summed E-state index contributed by atoms with van der Waals surface area (Å²) in [7, 11) is -4.50. The molecule has 0 bridgehead atoms. The van der Waals surface area contributed by atoms with Gasteiger partial charge in [0.1, 0.15) is 10.1 Å². The lowest BCUT2D eigenvalue weighted by molar-refractivity contribution is 0.463. The molecule has 0 N–H and O–H groups in total. The van der Waals surface area contributed by atoms with Crippen LogP contribution in [0.5, 0.6) is 0 Å². The van der Waals surface area contributed by atoms with E-state index in [0.717, 1.165) is 27.1 Å². The molecule has 0 aliphatic heterocycles. The van der Waals surface area contributed by atoms with E-state index in [1.165, 1.54) is 29.0 Å². The maximum atomic E-state index is 11.3. The lowest BCUT2D eigenvalue weighted by atomic mass is 10.2. The molecule has 2 heterocycles. The first-order valence-electron chi connectivity index (χ1n) is 9.08. The summed E-state index contributed by atoms with van der Waals surface area (Å²) in [6, 6.07) is 10.7. The molecule has 0 spiro atoms. The third kappa shape index (κ3) is 3.68. The van der Waals surface area contributed by atoms with Crippen molar-refractivity contribution in [2.45, 2.75) is 38.8 Å². The number of benzene rings is 2. The first-order chi connectivity index (χ1) is 13.8. The highest BCUT2D eigenvalue weighted by atomic mass is 32.2. The number of fused-ring (bicyclic) bond motifs is 2. The zero-order valence-corrected chi connectivity index (χ0v) is 18.6. The third-order valence-electron chi connectivity index (χ3n) is 4.63. The van der Waals surface area contributed by atoms with Crippen molar-refractivity contribution in [1.82, 2.24) is 9.13 Å². The fraction of sp³-hybridized carbons (Fsp3) is 0.263. The standard InChI is InChI=1S/C19H20N4O3S3/c1-4-22-14-8-6-12(3)10-16(14)27-18(22)20-21-19-23(5-2)15-9-7-13(29(24,25)26)11-17(15)28-19/h6-11H,4-5H2,1-3H3,(H,24,25,26)/p-1/b20-18-,21-19+. The quantitative estimate of drug-likeness (QED) is 0.355. The molecule has 0 saturated heterocycles. The predicted molar refractivity (Wildman–Crippen MR) is 115 cm³/mol. The lowest BCUT2D eigenvalue weighted by Crippen LogP contribution is -2.16. The molecular weight excluding hydrogens is 428 g/mol. The van der Waals surface area contributed by atoms with E-state index in [9.17, 15) is 13.0 Å². The van der Waals surface area contributed by atoms with Gasteiger partial charge in [-0.15, -0.1) is 10.2 Å². The Bertz CT molecular complexity index is 1470. The number of hydrogen-bond acceptors (Lipinski definition) is 7. The van der Waals surface area contributed by atoms with Crippen LogP contribution in [0.25, 0.3) is 20.4 Å². The number of aromatic nitrogens is 2. The maximum absolute atomic E-state index is 11.3. The number of rotatable bonds is 4. The number of nitrogens with zero attached hydrogens (tertiary/aromatic N) is 4. The molecule has 29 heavy (non-hydrogen) atoms. The third-order valence-corrected chi connectivity index (χ3v) is 7.53. The van der Waals surface area contributed by atoms with Crippen LogP contribution in [0.2, 0.25) is 0 Å². The van der Waals surface area contributed by atoms with Crippen LogP contribution >= 0.6 is 22.7 Å². The van der Waals surface area contributed by atoms with Crippen LogP contribution in [0, 0.1) is 6.92 Å². The van der Waals surface area contributed by atoms with E-state index in [4.69, 9.17) is 0 Å². The molecule has 0 amide bonds. The summed E-state index contributed by atoms with van der Waals surface area (Å²) >= 11 is 2.90. The van der Waals surface area contributed by atoms with Gasteiger partial charge in [-0.3, -0.25) is 0 Å². The summed E-state index contributed by atoms with van der Waals surface area (Å²) < 4.78 is 39.9. The minimum absolute atomic E-state index is 0.235. The fourth-order valence-electron chi connectivity index (χ4n) is 3.24. The average molecular weight is 448 g/mol. The van der Waals surface area contributed by atoms with E-state index < -0.39 is 10.1 Å². The lowest BCUT2D eigenvalue weighted by Gasteiger charge is -2.06. The molecule has 0 aliphatic carbocycles. The van der Waals surface area contributed by atoms with Gasteiger partial charge in [0, 0.05) is 13.1 Å². The Morgan fingerprint density at radius 2 is 1.41 bits per heavy atom. The van der Waals surface area contributed by atoms with E-state index in [-0.39, 0.29) is 4.90 Å². The van der Waals surface area contributed by atoms with Crippen molar-refractivity contribution in [2.24, 2.45) is 10.2 Å². The Morgan fingerprint density at radius 3 is 1.93 bits per heavy atom. The van der Waals surface area contributed by atoms with Gasteiger partial charge in [0.15, 0.2) is 0 Å². The highest BCUT2D eigenvalue weighted by molar-refractivity contribution is 7.85. The van der Waals surface area contributed by atoms with Gasteiger partial charge in [0.25, 0.3) is 0 Å². The van der Waals surface area contributed by atoms with E-state index in [1.807, 2.05) is 11.5 Å². The highest BCUT2D eigenvalue weighted by Gasteiger charge is 2.09. The molecule has 2 aromatic carbocycles. The van der Waals surface area contributed by atoms with Crippen molar-refractivity contribution in [3.8, 4) is 0 Å². The minimum atomic E-state index is -4.50. The van der Waals surface area contributed by atoms with Gasteiger partial charge in [-0.2, -0.15) is 0 Å². The Balaban J connectivity index is 1.94. The molecule has 10 heteroatoms. The van der Waals surface area contributed by atoms with Gasteiger partial charge in [-0.05, 0) is 56.7 Å². The van der Waals surface area contributed by atoms with Crippen LogP contribution in [0.1, 0.15) is 19.4 Å². The van der Waals surface area contributed by atoms with Crippen molar-refractivity contribution in [2.75, 3.05) is 0 Å². The summed E-state index contributed by atoms with van der Waals surface area (Å²) in [5.41, 5.74) is 3.15. The molecular formula is C19H19N4O3S3-. The smallest absolute Gasteiger partial charge is 0.211 e. The summed E-state index contributed by atoms with van der Waals surface area (Å²) in [4.78, 5) is 1.22. The van der Waals surface area contributed by atoms with Gasteiger partial charge in [-0.25, -0.2) is 8.42 Å². The molecule has 0 radical (unpaired) electrons. The fourth-order valence-corrected chi connectivity index (χ4v) is 6.04. The van der Waals surface area contributed by atoms with E-state index in [2.05, 4.69) is 46.8 Å². The van der Waals surface area contributed by atoms with Crippen molar-refractivity contribution in [1.29, 1.82) is 0 Å². The maximum Gasteiger partial charge on any atom is 0.211 e. The summed E-state index contributed by atoms with van der Waals surface area (Å²) in [5.74, 6) is 0. The van der Waals surface area contributed by atoms with Crippen LogP contribution in [0.4, 0.5) is 0 Å². The predicted octanol–water partition coefficient (Wildman–Crippen LogP) is 3.39. The van der Waals surface area contributed by atoms with Gasteiger partial charge in [0.2, 0.25) is 9.60 Å². The SMILES string of the molecule is CCn1/c(=N/N=c2/sc3cc(S(=O)(=O)[O-])ccc3n2CC)sc2cc(C)ccc21. The van der Waals surface area contributed by atoms with Gasteiger partial charge >= 0.3 is 0 Å². The van der Waals surface area contributed by atoms with Gasteiger partial charge < -0.3 is 13.7 Å². The second kappa shape index (κ2) is 7.52. The van der Waals surface area contributed by atoms with Crippen LogP contribution in [0.3, 0.4) is 0 Å². The molecule has 0 fully saturated rings. The molecule has 2 aromatic heterocycles. The molecule has 0 unspecified atom stereocenters. The summed E-state index contributed by atoms with van der Waals surface area (Å²) in [6.45, 7) is 7.55. The Hall–Kier alpha value is -2.27. The second-order valence-electron chi connectivity index (χ2n) is 6.51. The van der Waals surface area contributed by atoms with E-state index in [0.29, 0.717) is 16.0 Å². The van der Waals surface area contributed by atoms with Crippen LogP contribution in [-0.2, 0) is 23.2 Å². The number of aryl methyl sites for hydroxylation is 3. The van der Waals surface area contributed by atoms with E-state index in [1.54, 1.807) is 17.4 Å². The zero-order chi connectivity index (χ0) is 20.8. The highest BCUT2D eigenvalue weighted by Crippen LogP contribution is 2.22. The van der Waals surface area contributed by atoms with Crippen LogP contribution < -0.4 is 9.60 Å². The molecule has 152 valence electrons. The van der Waals surface area contributed by atoms with Crippen LogP contribution in [-0.4, -0.2) is 22.1 Å². The topological polar surface area (TPSA) is 91.8 Å². The van der Waals surface area contributed by atoms with Gasteiger partial charge in [-0.1, -0.05) is 28.7 Å². The largest absolute Gasteiger partial charge is 0.744 e. The van der Waals surface area contributed by atoms with Crippen molar-refractivity contribution in [3.63, 3.8) is 0 Å². The van der Waals surface area contributed by atoms with Crippen molar-refractivity contribution in [3.05, 3.63) is 51.6 Å². The van der Waals surface area contributed by atoms with Crippen molar-refractivity contribution >= 4 is 53.2 Å². The first kappa shape index (κ1) is 20.0. The Labute approximate surface area is 175 Å². The molecule has 4 aromatic rings. The van der Waals surface area contributed by atoms with Crippen LogP contribution in [0.15, 0.2) is 51.5 Å². The Kier molecular flexibility index (Phi) is 5.19. The second-order valence-corrected chi connectivity index (χ2v) is 9.91. The molecule has 0 saturated carbocycles. The number of hydrogen-bond donors (Lipinski definition) is 0. The Morgan fingerprint density at radius 1 is 0.897 bits per heavy atom. The van der Waals surface area contributed by atoms with E-state index >= 15 is 0 Å². The summed E-state index contributed by atoms with van der Waals surface area (Å²) in [6.07, 6.45) is 0. The summed E-state index contributed by atoms with van der Waals surface area (Å²) in [5, 5.41) is 8.98. The van der Waals surface area contributed by atoms with Crippen molar-refractivity contribution < 1.29 is 13.0 Å². The molecule has 0 aliphatic rings. The average Bonchev–Trinajstić information content (AvgIpc) is 3.21. The molecule has 0 atom stereocenters. The van der Waals surface area contributed by atoms with Gasteiger partial charge in [0.05, 0.1) is 25.3 Å². The molecule has 7 nitrogen and oxygen atoms in total.